The van der Waals surface area contributed by atoms with Crippen LogP contribution in [0, 0.1) is 5.92 Å². The van der Waals surface area contributed by atoms with E-state index in [0.717, 1.165) is 11.2 Å². The first kappa shape index (κ1) is 11.3. The molecule has 0 nitrogen and oxygen atoms in total. The molecule has 0 aromatic heterocycles. The van der Waals surface area contributed by atoms with E-state index in [0.29, 0.717) is 0 Å². The van der Waals surface area contributed by atoms with Crippen LogP contribution in [-0.2, 0) is 0 Å². The highest BCUT2D eigenvalue weighted by molar-refractivity contribution is 8.23. The van der Waals surface area contributed by atoms with Crippen molar-refractivity contribution < 1.29 is 0 Å². The average Bonchev–Trinajstić information content (AvgIpc) is 2.11. The summed E-state index contributed by atoms with van der Waals surface area (Å²) in [7, 11) is 0. The van der Waals surface area contributed by atoms with Crippen LogP contribution in [-0.4, -0.2) is 5.25 Å². The molecule has 1 aliphatic rings. The van der Waals surface area contributed by atoms with Crippen LogP contribution in [0.3, 0.4) is 0 Å². The fourth-order valence-corrected chi connectivity index (χ4v) is 4.21. The SMILES string of the molecule is C=CSC1=C(C)C(CC)C[C@H](C)S1. The number of rotatable bonds is 3. The molecular weight excluding hydrogens is 196 g/mol. The highest BCUT2D eigenvalue weighted by Gasteiger charge is 2.23. The second kappa shape index (κ2) is 5.16. The molecule has 0 saturated carbocycles. The zero-order valence-corrected chi connectivity index (χ0v) is 10.3. The van der Waals surface area contributed by atoms with Gasteiger partial charge in [0.25, 0.3) is 0 Å². The van der Waals surface area contributed by atoms with Gasteiger partial charge in [-0.05, 0) is 36.7 Å². The molecule has 0 N–H and O–H groups in total. The Labute approximate surface area is 90.2 Å². The van der Waals surface area contributed by atoms with Gasteiger partial charge in [0.1, 0.15) is 0 Å². The van der Waals surface area contributed by atoms with E-state index >= 15 is 0 Å². The Balaban J connectivity index is 2.80. The predicted octanol–water partition coefficient (Wildman–Crippen LogP) is 4.65. The maximum absolute atomic E-state index is 3.78. The minimum absolute atomic E-state index is 0.774. The standard InChI is InChI=1S/C11H18S2/c1-5-10-7-8(3)13-11(9(10)4)12-6-2/h6,8,10H,2,5,7H2,1,3-4H3/t8-,10?/m0/s1. The second-order valence-corrected chi connectivity index (χ2v) is 6.21. The van der Waals surface area contributed by atoms with Crippen molar-refractivity contribution >= 4 is 23.5 Å². The van der Waals surface area contributed by atoms with E-state index in [1.165, 1.54) is 17.1 Å². The summed E-state index contributed by atoms with van der Waals surface area (Å²) < 4.78 is 1.49. The Morgan fingerprint density at radius 3 is 2.92 bits per heavy atom. The molecule has 0 aliphatic carbocycles. The summed E-state index contributed by atoms with van der Waals surface area (Å²) in [6, 6.07) is 0. The fourth-order valence-electron chi connectivity index (χ4n) is 1.74. The maximum Gasteiger partial charge on any atom is 0.0438 e. The molecule has 0 saturated heterocycles. The summed E-state index contributed by atoms with van der Waals surface area (Å²) in [4.78, 5) is 0. The third-order valence-corrected chi connectivity index (χ3v) is 4.95. The first-order chi connectivity index (χ1) is 6.19. The summed E-state index contributed by atoms with van der Waals surface area (Å²) in [5.41, 5.74) is 1.58. The van der Waals surface area contributed by atoms with Crippen LogP contribution < -0.4 is 0 Å². The Morgan fingerprint density at radius 1 is 1.69 bits per heavy atom. The Morgan fingerprint density at radius 2 is 2.38 bits per heavy atom. The largest absolute Gasteiger partial charge is 0.116 e. The van der Waals surface area contributed by atoms with Crippen molar-refractivity contribution in [2.75, 3.05) is 0 Å². The molecule has 0 aromatic rings. The van der Waals surface area contributed by atoms with Crippen molar-refractivity contribution in [2.45, 2.75) is 38.9 Å². The average molecular weight is 214 g/mol. The third kappa shape index (κ3) is 2.81. The van der Waals surface area contributed by atoms with Gasteiger partial charge in [-0.3, -0.25) is 0 Å². The number of thioether (sulfide) groups is 2. The summed E-state index contributed by atoms with van der Waals surface area (Å²) in [5.74, 6) is 0.804. The zero-order chi connectivity index (χ0) is 9.84. The Kier molecular flexibility index (Phi) is 4.47. The highest BCUT2D eigenvalue weighted by atomic mass is 32.2. The number of hydrogen-bond acceptors (Lipinski definition) is 2. The minimum atomic E-state index is 0.774. The fraction of sp³-hybridized carbons (Fsp3) is 0.636. The molecular formula is C11H18S2. The van der Waals surface area contributed by atoms with Gasteiger partial charge >= 0.3 is 0 Å². The van der Waals surface area contributed by atoms with Crippen LogP contribution in [0.5, 0.6) is 0 Å². The highest BCUT2D eigenvalue weighted by Crippen LogP contribution is 2.45. The minimum Gasteiger partial charge on any atom is -0.116 e. The first-order valence-electron chi connectivity index (χ1n) is 4.84. The van der Waals surface area contributed by atoms with Crippen LogP contribution in [0.4, 0.5) is 0 Å². The van der Waals surface area contributed by atoms with Gasteiger partial charge in [0.05, 0.1) is 0 Å². The molecule has 2 heteroatoms. The molecule has 1 unspecified atom stereocenters. The summed E-state index contributed by atoms with van der Waals surface area (Å²) in [5, 5.41) is 2.72. The van der Waals surface area contributed by atoms with E-state index in [1.54, 1.807) is 17.3 Å². The molecule has 0 bridgehead atoms. The van der Waals surface area contributed by atoms with E-state index < -0.39 is 0 Å². The molecule has 0 aromatic carbocycles. The van der Waals surface area contributed by atoms with Gasteiger partial charge in [0, 0.05) is 9.49 Å². The number of hydrogen-bond donors (Lipinski definition) is 0. The molecule has 0 spiro atoms. The summed E-state index contributed by atoms with van der Waals surface area (Å²) in [6.45, 7) is 10.7. The van der Waals surface area contributed by atoms with Crippen LogP contribution in [0.15, 0.2) is 21.8 Å². The topological polar surface area (TPSA) is 0 Å². The molecule has 0 fully saturated rings. The van der Waals surface area contributed by atoms with E-state index in [-0.39, 0.29) is 0 Å². The predicted molar refractivity (Wildman–Crippen MR) is 65.9 cm³/mol. The summed E-state index contributed by atoms with van der Waals surface area (Å²) >= 11 is 3.80. The monoisotopic (exact) mass is 214 g/mol. The van der Waals surface area contributed by atoms with Gasteiger partial charge in [-0.25, -0.2) is 0 Å². The molecule has 1 rings (SSSR count). The maximum atomic E-state index is 3.78. The van der Waals surface area contributed by atoms with Crippen molar-refractivity contribution in [3.05, 3.63) is 21.8 Å². The van der Waals surface area contributed by atoms with Crippen LogP contribution in [0.1, 0.15) is 33.6 Å². The molecule has 2 atom stereocenters. The zero-order valence-electron chi connectivity index (χ0n) is 8.67. The number of allylic oxidation sites excluding steroid dienone is 1. The van der Waals surface area contributed by atoms with Crippen molar-refractivity contribution in [3.8, 4) is 0 Å². The van der Waals surface area contributed by atoms with E-state index in [1.807, 2.05) is 17.2 Å². The van der Waals surface area contributed by atoms with Crippen LogP contribution in [0.2, 0.25) is 0 Å². The Bertz CT molecular complexity index is 218. The smallest absolute Gasteiger partial charge is 0.0438 e. The molecule has 0 radical (unpaired) electrons. The molecule has 1 heterocycles. The van der Waals surface area contributed by atoms with Crippen molar-refractivity contribution in [1.29, 1.82) is 0 Å². The van der Waals surface area contributed by atoms with E-state index in [4.69, 9.17) is 0 Å². The normalized spacial score (nSPS) is 29.2. The second-order valence-electron chi connectivity index (χ2n) is 3.52. The van der Waals surface area contributed by atoms with Crippen LogP contribution >= 0.6 is 23.5 Å². The molecule has 74 valence electrons. The Hall–Kier alpha value is 0.180. The lowest BCUT2D eigenvalue weighted by Gasteiger charge is -2.28. The first-order valence-corrected chi connectivity index (χ1v) is 6.60. The lowest BCUT2D eigenvalue weighted by Crippen LogP contribution is -2.14. The van der Waals surface area contributed by atoms with Crippen LogP contribution in [0.25, 0.3) is 0 Å². The van der Waals surface area contributed by atoms with Gasteiger partial charge in [-0.1, -0.05) is 32.2 Å². The summed E-state index contributed by atoms with van der Waals surface area (Å²) in [6.07, 6.45) is 2.62. The van der Waals surface area contributed by atoms with E-state index in [9.17, 15) is 0 Å². The molecule has 0 amide bonds. The van der Waals surface area contributed by atoms with Gasteiger partial charge in [0.15, 0.2) is 0 Å². The van der Waals surface area contributed by atoms with Gasteiger partial charge in [0.2, 0.25) is 0 Å². The lowest BCUT2D eigenvalue weighted by molar-refractivity contribution is 0.536. The van der Waals surface area contributed by atoms with Crippen molar-refractivity contribution in [2.24, 2.45) is 5.92 Å². The van der Waals surface area contributed by atoms with Crippen molar-refractivity contribution in [3.63, 3.8) is 0 Å². The quantitative estimate of drug-likeness (QED) is 0.671. The van der Waals surface area contributed by atoms with Gasteiger partial charge in [-0.15, -0.1) is 11.8 Å². The van der Waals surface area contributed by atoms with Gasteiger partial charge in [-0.2, -0.15) is 0 Å². The molecule has 13 heavy (non-hydrogen) atoms. The molecule has 1 aliphatic heterocycles. The van der Waals surface area contributed by atoms with E-state index in [2.05, 4.69) is 27.4 Å². The third-order valence-electron chi connectivity index (χ3n) is 2.54. The van der Waals surface area contributed by atoms with Gasteiger partial charge < -0.3 is 0 Å². The van der Waals surface area contributed by atoms with Crippen molar-refractivity contribution in [1.82, 2.24) is 0 Å². The lowest BCUT2D eigenvalue weighted by atomic mass is 9.93.